The molecule has 0 amide bonds. The molecule has 55 heavy (non-hydrogen) atoms. The highest BCUT2D eigenvalue weighted by atomic mass is 16.8. The molecule has 306 valence electrons. The van der Waals surface area contributed by atoms with Gasteiger partial charge in [-0.25, -0.2) is 4.79 Å². The van der Waals surface area contributed by atoms with Crippen LogP contribution >= 0.6 is 0 Å². The van der Waals surface area contributed by atoms with Gasteiger partial charge in [-0.3, -0.25) is 0 Å². The minimum Gasteiger partial charge on any atom is -0.504 e. The number of methoxy groups -OCH3 is 2. The zero-order chi connectivity index (χ0) is 40.0. The van der Waals surface area contributed by atoms with E-state index in [1.54, 1.807) is 12.1 Å². The topological polar surface area (TPSA) is 282 Å². The number of phenolic OH excluding ortho intramolecular Hbond substituents is 2. The Hall–Kier alpha value is -3.67. The maximum Gasteiger partial charge on any atom is 0.331 e. The molecule has 19 heteroatoms. The van der Waals surface area contributed by atoms with Crippen molar-refractivity contribution in [2.45, 2.75) is 99.4 Å². The Morgan fingerprint density at radius 3 is 2.20 bits per heavy atom. The van der Waals surface area contributed by atoms with Crippen molar-refractivity contribution in [3.8, 4) is 23.0 Å². The van der Waals surface area contributed by atoms with Crippen molar-refractivity contribution in [2.75, 3.05) is 34.0 Å². The highest BCUT2D eigenvalue weighted by Gasteiger charge is 2.53. The number of hydrogen-bond acceptors (Lipinski definition) is 19. The van der Waals surface area contributed by atoms with Gasteiger partial charge in [-0.2, -0.15) is 0 Å². The third-order valence-corrected chi connectivity index (χ3v) is 9.38. The van der Waals surface area contributed by atoms with E-state index >= 15 is 0 Å². The van der Waals surface area contributed by atoms with Gasteiger partial charge in [0.25, 0.3) is 0 Å². The number of rotatable bonds is 14. The fourth-order valence-electron chi connectivity index (χ4n) is 6.18. The van der Waals surface area contributed by atoms with E-state index in [0.29, 0.717) is 11.1 Å². The van der Waals surface area contributed by atoms with E-state index in [1.165, 1.54) is 51.5 Å². The summed E-state index contributed by atoms with van der Waals surface area (Å²) in [5.74, 6) is -0.848. The summed E-state index contributed by atoms with van der Waals surface area (Å²) < 4.78 is 50.6. The molecule has 0 radical (unpaired) electrons. The van der Waals surface area contributed by atoms with Crippen LogP contribution < -0.4 is 9.47 Å². The SMILES string of the molecule is COc1ccc(CCO[C@@H]2O[C@H](CO[C@H]3OC[C@H](O)[C@H](O)[C@@H]3O)[C@@H](OC(=O)/C=C/c3ccc(O)c(OC)c3)[C@H](O[C@@H]3O[C@@H](C)[C@H](O)[C@@H](O)[C@H]3O)[C@H]2O)cc1O. The van der Waals surface area contributed by atoms with Crippen LogP contribution in [0.25, 0.3) is 6.08 Å². The van der Waals surface area contributed by atoms with Gasteiger partial charge in [0.05, 0.1) is 40.1 Å². The Morgan fingerprint density at radius 1 is 0.764 bits per heavy atom. The van der Waals surface area contributed by atoms with Gasteiger partial charge in [0.15, 0.2) is 48.0 Å². The van der Waals surface area contributed by atoms with Crippen LogP contribution in [0.3, 0.4) is 0 Å². The van der Waals surface area contributed by atoms with Crippen molar-refractivity contribution in [2.24, 2.45) is 0 Å². The highest BCUT2D eigenvalue weighted by molar-refractivity contribution is 5.87. The molecule has 0 aliphatic carbocycles. The van der Waals surface area contributed by atoms with Crippen LogP contribution in [-0.2, 0) is 44.4 Å². The Bertz CT molecular complexity index is 1590. The minimum atomic E-state index is -1.84. The maximum atomic E-state index is 13.4. The molecule has 0 unspecified atom stereocenters. The average Bonchev–Trinajstić information content (AvgIpc) is 3.17. The van der Waals surface area contributed by atoms with Gasteiger partial charge in [-0.1, -0.05) is 12.1 Å². The van der Waals surface area contributed by atoms with Gasteiger partial charge in [-0.05, 0) is 54.8 Å². The van der Waals surface area contributed by atoms with Crippen LogP contribution in [0.1, 0.15) is 18.1 Å². The number of carbonyl (C=O) groups is 1. The monoisotopic (exact) mass is 784 g/mol. The van der Waals surface area contributed by atoms with E-state index in [9.17, 15) is 50.8 Å². The Morgan fingerprint density at radius 2 is 1.49 bits per heavy atom. The van der Waals surface area contributed by atoms with Crippen molar-refractivity contribution < 1.29 is 93.4 Å². The fraction of sp³-hybridized carbons (Fsp3) is 0.583. The molecule has 3 heterocycles. The van der Waals surface area contributed by atoms with Gasteiger partial charge in [0, 0.05) is 6.08 Å². The molecule has 2 aromatic carbocycles. The number of benzene rings is 2. The molecule has 0 saturated carbocycles. The van der Waals surface area contributed by atoms with Crippen LogP contribution in [0.4, 0.5) is 0 Å². The predicted octanol–water partition coefficient (Wildman–Crippen LogP) is -1.95. The van der Waals surface area contributed by atoms with Crippen molar-refractivity contribution in [3.05, 3.63) is 53.6 Å². The first-order chi connectivity index (χ1) is 26.2. The van der Waals surface area contributed by atoms with E-state index in [-0.39, 0.29) is 42.6 Å². The van der Waals surface area contributed by atoms with E-state index < -0.39 is 98.6 Å². The first-order valence-corrected chi connectivity index (χ1v) is 17.4. The Kier molecular flexibility index (Phi) is 14.7. The van der Waals surface area contributed by atoms with E-state index in [2.05, 4.69) is 0 Å². The van der Waals surface area contributed by atoms with Crippen LogP contribution in [0.15, 0.2) is 42.5 Å². The minimum absolute atomic E-state index is 0.101. The third kappa shape index (κ3) is 10.2. The van der Waals surface area contributed by atoms with Gasteiger partial charge in [-0.15, -0.1) is 0 Å². The fourth-order valence-corrected chi connectivity index (χ4v) is 6.18. The number of aliphatic hydroxyl groups excluding tert-OH is 7. The first-order valence-electron chi connectivity index (χ1n) is 17.4. The quantitative estimate of drug-likeness (QED) is 0.0744. The second kappa shape index (κ2) is 19.0. The van der Waals surface area contributed by atoms with Crippen LogP contribution in [0, 0.1) is 0 Å². The lowest BCUT2D eigenvalue weighted by molar-refractivity contribution is -0.362. The summed E-state index contributed by atoms with van der Waals surface area (Å²) >= 11 is 0. The molecular weight excluding hydrogens is 736 g/mol. The molecule has 9 N–H and O–H groups in total. The standard InChI is InChI=1S/C36H48O19/c1-16-26(41)28(43)30(45)36(52-16)55-33-31(46)35(49-11-10-18-5-8-22(47-2)20(38)12-18)53-24(15-51-34-29(44)27(42)21(39)14-50-34)32(33)54-25(40)9-6-17-4-7-19(37)23(13-17)48-3/h4-9,12-13,16,21,24,26-39,41-46H,10-11,14-15H2,1-3H3/b9-6+/t16-,21-,24+,26-,27-,28+,29-,30+,31+,32+,33+,34+,35+,36-/m0/s1. The number of carbonyl (C=O) groups excluding carboxylic acids is 1. The van der Waals surface area contributed by atoms with E-state index in [1.807, 2.05) is 0 Å². The lowest BCUT2D eigenvalue weighted by Gasteiger charge is -2.47. The third-order valence-electron chi connectivity index (χ3n) is 9.38. The van der Waals surface area contributed by atoms with E-state index in [4.69, 9.17) is 42.6 Å². The summed E-state index contributed by atoms with van der Waals surface area (Å²) in [7, 11) is 2.75. The lowest BCUT2D eigenvalue weighted by Crippen LogP contribution is -2.65. The Balaban J connectivity index is 1.42. The normalized spacial score (nSPS) is 35.4. The van der Waals surface area contributed by atoms with Gasteiger partial charge in [0.2, 0.25) is 0 Å². The second-order valence-corrected chi connectivity index (χ2v) is 13.2. The summed E-state index contributed by atoms with van der Waals surface area (Å²) in [5, 5.41) is 93.9. The summed E-state index contributed by atoms with van der Waals surface area (Å²) in [6, 6.07) is 9.00. The summed E-state index contributed by atoms with van der Waals surface area (Å²) in [6.07, 6.45) is -19.4. The molecule has 5 rings (SSSR count). The lowest BCUT2D eigenvalue weighted by atomic mass is 9.96. The van der Waals surface area contributed by atoms with Crippen LogP contribution in [0.5, 0.6) is 23.0 Å². The second-order valence-electron chi connectivity index (χ2n) is 13.2. The van der Waals surface area contributed by atoms with Crippen LogP contribution in [-0.4, -0.2) is 172 Å². The molecular formula is C36H48O19. The predicted molar refractivity (Wildman–Crippen MR) is 183 cm³/mol. The molecule has 0 spiro atoms. The van der Waals surface area contributed by atoms with Crippen molar-refractivity contribution in [1.29, 1.82) is 0 Å². The molecule has 3 aliphatic rings. The number of aromatic hydroxyl groups is 2. The average molecular weight is 785 g/mol. The largest absolute Gasteiger partial charge is 0.504 e. The molecule has 3 saturated heterocycles. The smallest absolute Gasteiger partial charge is 0.331 e. The molecule has 14 atom stereocenters. The number of aliphatic hydroxyl groups is 7. The van der Waals surface area contributed by atoms with Crippen molar-refractivity contribution in [3.63, 3.8) is 0 Å². The van der Waals surface area contributed by atoms with Gasteiger partial charge in [0.1, 0.15) is 54.9 Å². The molecule has 3 fully saturated rings. The van der Waals surface area contributed by atoms with Crippen molar-refractivity contribution in [1.82, 2.24) is 0 Å². The summed E-state index contributed by atoms with van der Waals surface area (Å²) in [6.45, 7) is 0.361. The highest BCUT2D eigenvalue weighted by Crippen LogP contribution is 2.33. The molecule has 3 aliphatic heterocycles. The zero-order valence-corrected chi connectivity index (χ0v) is 30.1. The number of esters is 1. The summed E-state index contributed by atoms with van der Waals surface area (Å²) in [4.78, 5) is 13.4. The molecule has 19 nitrogen and oxygen atoms in total. The molecule has 2 aromatic rings. The van der Waals surface area contributed by atoms with Gasteiger partial charge < -0.3 is 88.6 Å². The van der Waals surface area contributed by atoms with Crippen molar-refractivity contribution >= 4 is 12.0 Å². The number of hydrogen-bond donors (Lipinski definition) is 9. The van der Waals surface area contributed by atoms with Gasteiger partial charge >= 0.3 is 5.97 Å². The number of ether oxygens (including phenoxy) is 9. The Labute approximate surface area is 315 Å². The molecule has 0 bridgehead atoms. The van der Waals surface area contributed by atoms with Crippen LogP contribution in [0.2, 0.25) is 0 Å². The van der Waals surface area contributed by atoms with E-state index in [0.717, 1.165) is 6.08 Å². The maximum absolute atomic E-state index is 13.4. The summed E-state index contributed by atoms with van der Waals surface area (Å²) in [5.41, 5.74) is 1.06. The zero-order valence-electron chi connectivity index (χ0n) is 30.1. The number of phenols is 2. The first kappa shape index (κ1) is 42.5. The molecule has 0 aromatic heterocycles.